The highest BCUT2D eigenvalue weighted by atomic mass is 35.5. The molecule has 1 heterocycles. The summed E-state index contributed by atoms with van der Waals surface area (Å²) in [6.45, 7) is 3.97. The lowest BCUT2D eigenvalue weighted by molar-refractivity contribution is 0.414. The Kier molecular flexibility index (Phi) is 3.77. The van der Waals surface area contributed by atoms with Gasteiger partial charge < -0.3 is 4.74 Å². The fraction of sp³-hybridized carbons (Fsp3) is 0.286. The molecule has 0 unspecified atom stereocenters. The molecule has 98 valence electrons. The molecule has 0 spiro atoms. The smallest absolute Gasteiger partial charge is 0.150 e. The zero-order valence-corrected chi connectivity index (χ0v) is 11.8. The summed E-state index contributed by atoms with van der Waals surface area (Å²) in [4.78, 5) is 0. The first kappa shape index (κ1) is 13.4. The van der Waals surface area contributed by atoms with Gasteiger partial charge in [-0.25, -0.2) is 4.68 Å². The van der Waals surface area contributed by atoms with Crippen molar-refractivity contribution in [3.63, 3.8) is 0 Å². The normalized spacial score (nSPS) is 10.5. The molecule has 0 radical (unpaired) electrons. The number of nitriles is 1. The highest BCUT2D eigenvalue weighted by Crippen LogP contribution is 2.28. The molecule has 0 aliphatic rings. The lowest BCUT2D eigenvalue weighted by atomic mass is 10.1. The van der Waals surface area contributed by atoms with E-state index in [9.17, 15) is 5.26 Å². The fourth-order valence-electron chi connectivity index (χ4n) is 1.82. The third-order valence-electron chi connectivity index (χ3n) is 2.83. The lowest BCUT2D eigenvalue weighted by Gasteiger charge is -2.04. The first-order chi connectivity index (χ1) is 9.08. The molecule has 0 aliphatic carbocycles. The Morgan fingerprint density at radius 3 is 2.37 bits per heavy atom. The van der Waals surface area contributed by atoms with Crippen LogP contribution in [0, 0.1) is 11.3 Å². The molecule has 2 aromatic rings. The molecule has 0 amide bonds. The van der Waals surface area contributed by atoms with Crippen LogP contribution in [-0.4, -0.2) is 16.9 Å². The van der Waals surface area contributed by atoms with Crippen LogP contribution in [0.15, 0.2) is 24.3 Å². The van der Waals surface area contributed by atoms with Gasteiger partial charge in [-0.1, -0.05) is 25.4 Å². The maximum atomic E-state index is 9.18. The van der Waals surface area contributed by atoms with Crippen molar-refractivity contribution in [2.45, 2.75) is 19.8 Å². The highest BCUT2D eigenvalue weighted by Gasteiger charge is 2.19. The van der Waals surface area contributed by atoms with E-state index in [1.807, 2.05) is 38.1 Å². The summed E-state index contributed by atoms with van der Waals surface area (Å²) in [7, 11) is 1.61. The van der Waals surface area contributed by atoms with Gasteiger partial charge in [-0.3, -0.25) is 0 Å². The SMILES string of the molecule is COc1ccc(-n2nc(C(C)C)c(C#N)c2Cl)cc1. The fourth-order valence-corrected chi connectivity index (χ4v) is 2.09. The maximum Gasteiger partial charge on any atom is 0.150 e. The van der Waals surface area contributed by atoms with Crippen molar-refractivity contribution in [1.82, 2.24) is 9.78 Å². The van der Waals surface area contributed by atoms with E-state index in [0.717, 1.165) is 11.4 Å². The summed E-state index contributed by atoms with van der Waals surface area (Å²) < 4.78 is 6.69. The minimum Gasteiger partial charge on any atom is -0.497 e. The van der Waals surface area contributed by atoms with Gasteiger partial charge >= 0.3 is 0 Å². The van der Waals surface area contributed by atoms with Gasteiger partial charge in [0.1, 0.15) is 17.4 Å². The van der Waals surface area contributed by atoms with Crippen LogP contribution in [0.4, 0.5) is 0 Å². The number of methoxy groups -OCH3 is 1. The van der Waals surface area contributed by atoms with Crippen molar-refractivity contribution in [2.24, 2.45) is 0 Å². The van der Waals surface area contributed by atoms with Crippen molar-refractivity contribution in [3.05, 3.63) is 40.7 Å². The Bertz CT molecular complexity index is 623. The van der Waals surface area contributed by atoms with Crippen LogP contribution < -0.4 is 4.74 Å². The molecular formula is C14H14ClN3O. The molecule has 0 aliphatic heterocycles. The molecule has 5 heteroatoms. The van der Waals surface area contributed by atoms with E-state index in [1.165, 1.54) is 0 Å². The number of benzene rings is 1. The van der Waals surface area contributed by atoms with Crippen LogP contribution in [0.3, 0.4) is 0 Å². The molecule has 0 saturated heterocycles. The number of nitrogens with zero attached hydrogens (tertiary/aromatic N) is 3. The van der Waals surface area contributed by atoms with Gasteiger partial charge in [-0.05, 0) is 30.2 Å². The molecule has 1 aromatic heterocycles. The Morgan fingerprint density at radius 1 is 1.32 bits per heavy atom. The van der Waals surface area contributed by atoms with Gasteiger partial charge in [-0.2, -0.15) is 10.4 Å². The van der Waals surface area contributed by atoms with E-state index in [0.29, 0.717) is 16.4 Å². The Morgan fingerprint density at radius 2 is 1.95 bits per heavy atom. The summed E-state index contributed by atoms with van der Waals surface area (Å²) in [5.74, 6) is 0.906. The van der Waals surface area contributed by atoms with Crippen molar-refractivity contribution in [2.75, 3.05) is 7.11 Å². The van der Waals surface area contributed by atoms with Crippen molar-refractivity contribution >= 4 is 11.6 Å². The number of ether oxygens (including phenoxy) is 1. The monoisotopic (exact) mass is 275 g/mol. The third-order valence-corrected chi connectivity index (χ3v) is 3.18. The number of aromatic nitrogens is 2. The quantitative estimate of drug-likeness (QED) is 0.861. The van der Waals surface area contributed by atoms with Crippen molar-refractivity contribution in [3.8, 4) is 17.5 Å². The second kappa shape index (κ2) is 5.33. The molecule has 19 heavy (non-hydrogen) atoms. The maximum absolute atomic E-state index is 9.18. The standard InChI is InChI=1S/C14H14ClN3O/c1-9(2)13-12(8-16)14(15)18(17-13)10-4-6-11(19-3)7-5-10/h4-7,9H,1-3H3. The van der Waals surface area contributed by atoms with E-state index in [-0.39, 0.29) is 5.92 Å². The topological polar surface area (TPSA) is 50.8 Å². The molecule has 1 aromatic carbocycles. The zero-order chi connectivity index (χ0) is 14.0. The molecule has 0 bridgehead atoms. The van der Waals surface area contributed by atoms with Crippen molar-refractivity contribution < 1.29 is 4.74 Å². The molecule has 0 atom stereocenters. The van der Waals surface area contributed by atoms with Gasteiger partial charge in [-0.15, -0.1) is 0 Å². The van der Waals surface area contributed by atoms with Gasteiger partial charge in [0.25, 0.3) is 0 Å². The molecular weight excluding hydrogens is 262 g/mol. The molecule has 0 N–H and O–H groups in total. The molecule has 4 nitrogen and oxygen atoms in total. The number of hydrogen-bond donors (Lipinski definition) is 0. The predicted molar refractivity (Wildman–Crippen MR) is 73.9 cm³/mol. The summed E-state index contributed by atoms with van der Waals surface area (Å²) in [6.07, 6.45) is 0. The Balaban J connectivity index is 2.53. The van der Waals surface area contributed by atoms with Crippen LogP contribution in [0.1, 0.15) is 31.0 Å². The summed E-state index contributed by atoms with van der Waals surface area (Å²) >= 11 is 6.23. The van der Waals surface area contributed by atoms with Gasteiger partial charge in [0.2, 0.25) is 0 Å². The van der Waals surface area contributed by atoms with Gasteiger partial charge in [0, 0.05) is 0 Å². The van der Waals surface area contributed by atoms with E-state index in [2.05, 4.69) is 11.2 Å². The van der Waals surface area contributed by atoms with Crippen LogP contribution in [0.5, 0.6) is 5.75 Å². The predicted octanol–water partition coefficient (Wildman–Crippen LogP) is 3.53. The average Bonchev–Trinajstić information content (AvgIpc) is 2.76. The van der Waals surface area contributed by atoms with E-state index in [4.69, 9.17) is 16.3 Å². The number of halogens is 1. The summed E-state index contributed by atoms with van der Waals surface area (Å²) in [5, 5.41) is 14.0. The number of hydrogen-bond acceptors (Lipinski definition) is 3. The van der Waals surface area contributed by atoms with Gasteiger partial charge in [0.05, 0.1) is 18.5 Å². The summed E-state index contributed by atoms with van der Waals surface area (Å²) in [6, 6.07) is 9.47. The van der Waals surface area contributed by atoms with E-state index >= 15 is 0 Å². The Hall–Kier alpha value is -1.99. The zero-order valence-electron chi connectivity index (χ0n) is 11.0. The summed E-state index contributed by atoms with van der Waals surface area (Å²) in [5.41, 5.74) is 1.95. The van der Waals surface area contributed by atoms with Crippen LogP contribution in [0.25, 0.3) is 5.69 Å². The molecule has 0 fully saturated rings. The van der Waals surface area contributed by atoms with Crippen LogP contribution >= 0.6 is 11.6 Å². The molecule has 2 rings (SSSR count). The largest absolute Gasteiger partial charge is 0.497 e. The first-order valence-corrected chi connectivity index (χ1v) is 6.29. The number of rotatable bonds is 3. The van der Waals surface area contributed by atoms with E-state index < -0.39 is 0 Å². The minimum absolute atomic E-state index is 0.145. The van der Waals surface area contributed by atoms with Crippen molar-refractivity contribution in [1.29, 1.82) is 5.26 Å². The van der Waals surface area contributed by atoms with E-state index in [1.54, 1.807) is 11.8 Å². The van der Waals surface area contributed by atoms with Crippen LogP contribution in [-0.2, 0) is 0 Å². The second-order valence-electron chi connectivity index (χ2n) is 4.43. The second-order valence-corrected chi connectivity index (χ2v) is 4.79. The van der Waals surface area contributed by atoms with Crippen LogP contribution in [0.2, 0.25) is 5.15 Å². The lowest BCUT2D eigenvalue weighted by Crippen LogP contribution is -1.98. The third kappa shape index (κ3) is 2.42. The first-order valence-electron chi connectivity index (χ1n) is 5.91. The molecule has 0 saturated carbocycles. The minimum atomic E-state index is 0.145. The average molecular weight is 276 g/mol. The highest BCUT2D eigenvalue weighted by molar-refractivity contribution is 6.31. The Labute approximate surface area is 117 Å². The van der Waals surface area contributed by atoms with Gasteiger partial charge in [0.15, 0.2) is 5.15 Å².